The highest BCUT2D eigenvalue weighted by Crippen LogP contribution is 2.23. The minimum atomic E-state index is -0.427. The first-order valence-electron chi connectivity index (χ1n) is 7.96. The highest BCUT2D eigenvalue weighted by atomic mass is 16.5. The number of hydrogen-bond acceptors (Lipinski definition) is 5. The van der Waals surface area contributed by atoms with E-state index in [9.17, 15) is 9.90 Å². The Bertz CT molecular complexity index is 897. The van der Waals surface area contributed by atoms with E-state index in [1.807, 2.05) is 30.3 Å². The molecule has 3 aromatic rings. The van der Waals surface area contributed by atoms with E-state index in [0.717, 1.165) is 5.56 Å². The van der Waals surface area contributed by atoms with Crippen LogP contribution in [0.4, 0.5) is 0 Å². The molecule has 6 heteroatoms. The zero-order valence-corrected chi connectivity index (χ0v) is 13.9. The second kappa shape index (κ2) is 8.43. The lowest BCUT2D eigenvalue weighted by Crippen LogP contribution is -2.18. The number of phenolic OH excluding ortho intramolecular Hbond substituents is 1. The van der Waals surface area contributed by atoms with Gasteiger partial charge in [0.05, 0.1) is 6.21 Å². The summed E-state index contributed by atoms with van der Waals surface area (Å²) in [6.07, 6.45) is 2.88. The molecular weight excluding hydrogens is 330 g/mol. The number of nitrogens with zero attached hydrogens (tertiary/aromatic N) is 2. The van der Waals surface area contributed by atoms with Crippen molar-refractivity contribution >= 4 is 12.1 Å². The number of ether oxygens (including phenoxy) is 1. The molecular formula is C20H17N3O3. The Morgan fingerprint density at radius 2 is 1.92 bits per heavy atom. The molecule has 0 saturated heterocycles. The molecule has 1 amide bonds. The van der Waals surface area contributed by atoms with Crippen molar-refractivity contribution in [1.29, 1.82) is 0 Å². The number of amides is 1. The van der Waals surface area contributed by atoms with Crippen molar-refractivity contribution in [3.8, 4) is 11.5 Å². The summed E-state index contributed by atoms with van der Waals surface area (Å²) in [6, 6.07) is 19.7. The minimum Gasteiger partial charge on any atom is -0.507 e. The molecule has 1 aromatic heterocycles. The fourth-order valence-electron chi connectivity index (χ4n) is 2.18. The Kier molecular flexibility index (Phi) is 5.57. The van der Waals surface area contributed by atoms with Gasteiger partial charge >= 0.3 is 0 Å². The lowest BCUT2D eigenvalue weighted by molar-refractivity contribution is 0.0950. The molecule has 2 aromatic carbocycles. The van der Waals surface area contributed by atoms with Gasteiger partial charge in [-0.1, -0.05) is 36.4 Å². The molecule has 1 heterocycles. The van der Waals surface area contributed by atoms with Gasteiger partial charge in [-0.15, -0.1) is 0 Å². The quantitative estimate of drug-likeness (QED) is 0.530. The minimum absolute atomic E-state index is 0.00592. The number of aromatic nitrogens is 1. The van der Waals surface area contributed by atoms with E-state index in [4.69, 9.17) is 4.74 Å². The van der Waals surface area contributed by atoms with E-state index in [1.165, 1.54) is 18.5 Å². The smallest absolute Gasteiger partial charge is 0.289 e. The molecule has 130 valence electrons. The molecule has 0 bridgehead atoms. The van der Waals surface area contributed by atoms with Crippen LogP contribution in [0.1, 0.15) is 21.6 Å². The van der Waals surface area contributed by atoms with Gasteiger partial charge in [0.2, 0.25) is 0 Å². The third kappa shape index (κ3) is 4.67. The lowest BCUT2D eigenvalue weighted by atomic mass is 10.2. The molecule has 0 radical (unpaired) electrons. The van der Waals surface area contributed by atoms with Crippen LogP contribution in [0.5, 0.6) is 11.5 Å². The molecule has 0 aliphatic rings. The monoisotopic (exact) mass is 347 g/mol. The predicted octanol–water partition coefficient (Wildman–Crippen LogP) is 3.13. The summed E-state index contributed by atoms with van der Waals surface area (Å²) in [5.74, 6) is 0.122. The number of hydrogen-bond donors (Lipinski definition) is 2. The number of aromatic hydroxyl groups is 1. The molecule has 26 heavy (non-hydrogen) atoms. The normalized spacial score (nSPS) is 10.6. The van der Waals surface area contributed by atoms with Crippen LogP contribution in [0.25, 0.3) is 0 Å². The van der Waals surface area contributed by atoms with E-state index in [2.05, 4.69) is 15.5 Å². The number of carbonyl (C=O) groups is 1. The van der Waals surface area contributed by atoms with Crippen molar-refractivity contribution in [2.75, 3.05) is 0 Å². The second-order valence-electron chi connectivity index (χ2n) is 5.41. The maximum atomic E-state index is 11.8. The number of rotatable bonds is 6. The predicted molar refractivity (Wildman–Crippen MR) is 98.2 cm³/mol. The SMILES string of the molecule is O=C(N/N=C/c1ccc(OCc2ccccc2)cc1O)c1ccccn1. The second-order valence-corrected chi connectivity index (χ2v) is 5.41. The number of hydrazone groups is 1. The Hall–Kier alpha value is -3.67. The number of carbonyl (C=O) groups excluding carboxylic acids is 1. The average molecular weight is 347 g/mol. The van der Waals surface area contributed by atoms with Crippen LogP contribution in [0.2, 0.25) is 0 Å². The zero-order valence-electron chi connectivity index (χ0n) is 13.9. The van der Waals surface area contributed by atoms with Gasteiger partial charge in [-0.05, 0) is 29.8 Å². The first-order chi connectivity index (χ1) is 12.7. The summed E-state index contributed by atoms with van der Waals surface area (Å²) < 4.78 is 5.65. The Labute approximate surface area is 150 Å². The first kappa shape index (κ1) is 17.2. The van der Waals surface area contributed by atoms with Crippen molar-refractivity contribution in [3.63, 3.8) is 0 Å². The van der Waals surface area contributed by atoms with Crippen molar-refractivity contribution in [2.45, 2.75) is 6.61 Å². The highest BCUT2D eigenvalue weighted by Gasteiger charge is 2.05. The third-order valence-corrected chi connectivity index (χ3v) is 3.52. The lowest BCUT2D eigenvalue weighted by Gasteiger charge is -2.07. The fraction of sp³-hybridized carbons (Fsp3) is 0.0500. The van der Waals surface area contributed by atoms with Gasteiger partial charge in [-0.2, -0.15) is 5.10 Å². The van der Waals surface area contributed by atoms with E-state index < -0.39 is 5.91 Å². The standard InChI is InChI=1S/C20H17N3O3/c24-19-12-17(26-14-15-6-2-1-3-7-15)10-9-16(19)13-22-23-20(25)18-8-4-5-11-21-18/h1-13,24H,14H2,(H,23,25)/b22-13+. The summed E-state index contributed by atoms with van der Waals surface area (Å²) in [7, 11) is 0. The largest absolute Gasteiger partial charge is 0.507 e. The van der Waals surface area contributed by atoms with Gasteiger partial charge < -0.3 is 9.84 Å². The van der Waals surface area contributed by atoms with E-state index in [0.29, 0.717) is 17.9 Å². The summed E-state index contributed by atoms with van der Waals surface area (Å²) in [6.45, 7) is 0.411. The van der Waals surface area contributed by atoms with Gasteiger partial charge in [0.1, 0.15) is 23.8 Å². The Morgan fingerprint density at radius 3 is 2.65 bits per heavy atom. The first-order valence-corrected chi connectivity index (χ1v) is 7.96. The molecule has 0 aliphatic carbocycles. The third-order valence-electron chi connectivity index (χ3n) is 3.52. The Morgan fingerprint density at radius 1 is 1.12 bits per heavy atom. The van der Waals surface area contributed by atoms with E-state index in [1.54, 1.807) is 30.3 Å². The molecule has 0 unspecified atom stereocenters. The van der Waals surface area contributed by atoms with Crippen LogP contribution < -0.4 is 10.2 Å². The summed E-state index contributed by atoms with van der Waals surface area (Å²) in [5, 5.41) is 13.9. The summed E-state index contributed by atoms with van der Waals surface area (Å²) in [4.78, 5) is 15.8. The van der Waals surface area contributed by atoms with Gasteiger partial charge in [0, 0.05) is 17.8 Å². The number of nitrogens with one attached hydrogen (secondary N) is 1. The maximum Gasteiger partial charge on any atom is 0.289 e. The van der Waals surface area contributed by atoms with Gasteiger partial charge in [0.25, 0.3) is 5.91 Å². The van der Waals surface area contributed by atoms with E-state index >= 15 is 0 Å². The van der Waals surface area contributed by atoms with E-state index in [-0.39, 0.29) is 11.4 Å². The van der Waals surface area contributed by atoms with Crippen LogP contribution >= 0.6 is 0 Å². The number of benzene rings is 2. The molecule has 6 nitrogen and oxygen atoms in total. The molecule has 0 spiro atoms. The fourth-order valence-corrected chi connectivity index (χ4v) is 2.18. The number of phenols is 1. The van der Waals surface area contributed by atoms with Gasteiger partial charge in [-0.3, -0.25) is 9.78 Å². The van der Waals surface area contributed by atoms with Crippen molar-refractivity contribution in [1.82, 2.24) is 10.4 Å². The summed E-state index contributed by atoms with van der Waals surface area (Å²) >= 11 is 0. The van der Waals surface area contributed by atoms with Gasteiger partial charge in [0.15, 0.2) is 0 Å². The van der Waals surface area contributed by atoms with Crippen molar-refractivity contribution in [3.05, 3.63) is 89.7 Å². The maximum absolute atomic E-state index is 11.8. The van der Waals surface area contributed by atoms with Crippen LogP contribution in [0, 0.1) is 0 Å². The Balaban J connectivity index is 1.58. The van der Waals surface area contributed by atoms with Crippen LogP contribution in [0.15, 0.2) is 78.0 Å². The molecule has 0 saturated carbocycles. The number of pyridine rings is 1. The molecule has 0 fully saturated rings. The molecule has 2 N–H and O–H groups in total. The van der Waals surface area contributed by atoms with Crippen molar-refractivity contribution in [2.24, 2.45) is 5.10 Å². The van der Waals surface area contributed by atoms with Crippen molar-refractivity contribution < 1.29 is 14.6 Å². The molecule has 0 atom stereocenters. The topological polar surface area (TPSA) is 83.8 Å². The molecule has 3 rings (SSSR count). The summed E-state index contributed by atoms with van der Waals surface area (Å²) in [5.41, 5.74) is 4.12. The van der Waals surface area contributed by atoms with Crippen LogP contribution in [-0.2, 0) is 6.61 Å². The molecule has 0 aliphatic heterocycles. The van der Waals surface area contributed by atoms with Crippen LogP contribution in [-0.4, -0.2) is 22.2 Å². The van der Waals surface area contributed by atoms with Gasteiger partial charge in [-0.25, -0.2) is 5.43 Å². The highest BCUT2D eigenvalue weighted by molar-refractivity contribution is 5.93. The van der Waals surface area contributed by atoms with Crippen LogP contribution in [0.3, 0.4) is 0 Å². The average Bonchev–Trinajstić information content (AvgIpc) is 2.69. The zero-order chi connectivity index (χ0) is 18.2.